The molecule has 0 saturated carbocycles. The summed E-state index contributed by atoms with van der Waals surface area (Å²) in [6, 6.07) is 4.45. The van der Waals surface area contributed by atoms with Gasteiger partial charge in [-0.25, -0.2) is 4.79 Å². The van der Waals surface area contributed by atoms with Gasteiger partial charge in [-0.3, -0.25) is 0 Å². The average Bonchev–Trinajstić information content (AvgIpc) is 3.16. The van der Waals surface area contributed by atoms with Gasteiger partial charge in [0.2, 0.25) is 0 Å². The van der Waals surface area contributed by atoms with Crippen LogP contribution in [0.25, 0.3) is 11.0 Å². The molecule has 1 N–H and O–H groups in total. The van der Waals surface area contributed by atoms with E-state index in [0.717, 1.165) is 62.0 Å². The van der Waals surface area contributed by atoms with Crippen molar-refractivity contribution < 1.29 is 14.4 Å². The lowest BCUT2D eigenvalue weighted by atomic mass is 9.91. The SMILES string of the molecule is CN(C)Cc1c(N2CCCCC2)ccc2c(CCC3CCN(C(=O)O)CC3)noc12. The fraction of sp³-hybridized carbons (Fsp3) is 0.652. The number of nitrogens with zero attached hydrogens (tertiary/aromatic N) is 4. The minimum absolute atomic E-state index is 0.557. The summed E-state index contributed by atoms with van der Waals surface area (Å²) in [5.74, 6) is 0.557. The van der Waals surface area contributed by atoms with Crippen LogP contribution in [0.15, 0.2) is 16.7 Å². The van der Waals surface area contributed by atoms with Crippen LogP contribution in [0.4, 0.5) is 10.5 Å². The molecule has 1 aromatic carbocycles. The Morgan fingerprint density at radius 3 is 2.57 bits per heavy atom. The smallest absolute Gasteiger partial charge is 0.407 e. The molecule has 2 saturated heterocycles. The first-order valence-corrected chi connectivity index (χ1v) is 11.3. The molecular formula is C23H34N4O3. The summed E-state index contributed by atoms with van der Waals surface area (Å²) in [7, 11) is 4.19. The maximum atomic E-state index is 11.1. The maximum absolute atomic E-state index is 11.1. The first kappa shape index (κ1) is 21.0. The molecule has 0 spiro atoms. The van der Waals surface area contributed by atoms with Crippen molar-refractivity contribution in [2.75, 3.05) is 45.2 Å². The molecule has 0 aliphatic carbocycles. The molecule has 30 heavy (non-hydrogen) atoms. The molecular weight excluding hydrogens is 380 g/mol. The summed E-state index contributed by atoms with van der Waals surface area (Å²) >= 11 is 0. The number of anilines is 1. The fourth-order valence-corrected chi connectivity index (χ4v) is 4.93. The number of carbonyl (C=O) groups is 1. The molecule has 1 amide bonds. The van der Waals surface area contributed by atoms with Gasteiger partial charge in [-0.05, 0) is 77.1 Å². The van der Waals surface area contributed by atoms with Crippen molar-refractivity contribution in [3.8, 4) is 0 Å². The van der Waals surface area contributed by atoms with Gasteiger partial charge in [0.05, 0.1) is 5.69 Å². The van der Waals surface area contributed by atoms with Crippen molar-refractivity contribution in [2.45, 2.75) is 51.5 Å². The Balaban J connectivity index is 1.50. The number of aryl methyl sites for hydroxylation is 1. The van der Waals surface area contributed by atoms with E-state index in [4.69, 9.17) is 9.63 Å². The molecule has 0 unspecified atom stereocenters. The van der Waals surface area contributed by atoms with Crippen molar-refractivity contribution in [1.29, 1.82) is 0 Å². The molecule has 2 aromatic rings. The number of carboxylic acid groups (broad SMARTS) is 1. The van der Waals surface area contributed by atoms with Gasteiger partial charge < -0.3 is 24.3 Å². The van der Waals surface area contributed by atoms with Crippen LogP contribution in [0, 0.1) is 5.92 Å². The third-order valence-electron chi connectivity index (χ3n) is 6.64. The highest BCUT2D eigenvalue weighted by Gasteiger charge is 2.24. The zero-order valence-electron chi connectivity index (χ0n) is 18.3. The van der Waals surface area contributed by atoms with Crippen molar-refractivity contribution in [3.05, 3.63) is 23.4 Å². The number of aromatic nitrogens is 1. The highest BCUT2D eigenvalue weighted by molar-refractivity contribution is 5.87. The van der Waals surface area contributed by atoms with Crippen molar-refractivity contribution >= 4 is 22.7 Å². The fourth-order valence-electron chi connectivity index (χ4n) is 4.93. The van der Waals surface area contributed by atoms with E-state index in [1.807, 2.05) is 0 Å². The number of amides is 1. The number of fused-ring (bicyclic) bond motifs is 1. The Morgan fingerprint density at radius 2 is 1.90 bits per heavy atom. The van der Waals surface area contributed by atoms with Gasteiger partial charge >= 0.3 is 6.09 Å². The second kappa shape index (κ2) is 9.25. The Hall–Kier alpha value is -2.28. The van der Waals surface area contributed by atoms with Crippen molar-refractivity contribution in [3.63, 3.8) is 0 Å². The van der Waals surface area contributed by atoms with Gasteiger partial charge in [0.15, 0.2) is 5.58 Å². The Bertz CT molecular complexity index is 865. The number of rotatable bonds is 6. The Labute approximate surface area is 178 Å². The summed E-state index contributed by atoms with van der Waals surface area (Å²) in [4.78, 5) is 17.3. The van der Waals surface area contributed by atoms with E-state index in [0.29, 0.717) is 19.0 Å². The minimum Gasteiger partial charge on any atom is -0.465 e. The normalized spacial score (nSPS) is 18.5. The zero-order chi connectivity index (χ0) is 21.1. The molecule has 7 nitrogen and oxygen atoms in total. The summed E-state index contributed by atoms with van der Waals surface area (Å²) in [6.07, 6.45) is 6.82. The molecule has 164 valence electrons. The van der Waals surface area contributed by atoms with Crippen LogP contribution >= 0.6 is 0 Å². The minimum atomic E-state index is -0.797. The molecule has 7 heteroatoms. The molecule has 2 fully saturated rings. The lowest BCUT2D eigenvalue weighted by molar-refractivity contribution is 0.123. The second-order valence-corrected chi connectivity index (χ2v) is 9.11. The number of piperidine rings is 2. The summed E-state index contributed by atoms with van der Waals surface area (Å²) in [6.45, 7) is 4.35. The second-order valence-electron chi connectivity index (χ2n) is 9.11. The van der Waals surface area contributed by atoms with Crippen LogP contribution in [0.2, 0.25) is 0 Å². The van der Waals surface area contributed by atoms with Crippen LogP contribution in [0.5, 0.6) is 0 Å². The van der Waals surface area contributed by atoms with Crippen molar-refractivity contribution in [1.82, 2.24) is 15.0 Å². The van der Waals surface area contributed by atoms with E-state index in [-0.39, 0.29) is 0 Å². The van der Waals surface area contributed by atoms with Crippen LogP contribution in [-0.2, 0) is 13.0 Å². The van der Waals surface area contributed by atoms with E-state index in [9.17, 15) is 4.79 Å². The van der Waals surface area contributed by atoms with Crippen LogP contribution in [-0.4, -0.2) is 66.4 Å². The largest absolute Gasteiger partial charge is 0.465 e. The van der Waals surface area contributed by atoms with E-state index >= 15 is 0 Å². The summed E-state index contributed by atoms with van der Waals surface area (Å²) in [5, 5.41) is 14.7. The van der Waals surface area contributed by atoms with Gasteiger partial charge in [-0.15, -0.1) is 0 Å². The van der Waals surface area contributed by atoms with Crippen LogP contribution < -0.4 is 4.90 Å². The first-order chi connectivity index (χ1) is 14.5. The molecule has 2 aliphatic heterocycles. The standard InChI is InChI=1S/C23H34N4O3/c1-25(2)16-19-21(26-12-4-3-5-13-26)9-7-18-20(24-30-22(18)19)8-6-17-10-14-27(15-11-17)23(28)29/h7,9,17H,3-6,8,10-16H2,1-2H3,(H,28,29). The predicted octanol–water partition coefficient (Wildman–Crippen LogP) is 4.20. The molecule has 0 bridgehead atoms. The summed E-state index contributed by atoms with van der Waals surface area (Å²) in [5.41, 5.74) is 4.51. The zero-order valence-corrected chi connectivity index (χ0v) is 18.3. The highest BCUT2D eigenvalue weighted by atomic mass is 16.5. The van der Waals surface area contributed by atoms with E-state index in [1.165, 1.54) is 35.4 Å². The molecule has 4 rings (SSSR count). The van der Waals surface area contributed by atoms with E-state index < -0.39 is 6.09 Å². The molecule has 1 aromatic heterocycles. The van der Waals surface area contributed by atoms with E-state index in [1.54, 1.807) is 0 Å². The molecule has 3 heterocycles. The van der Waals surface area contributed by atoms with E-state index in [2.05, 4.69) is 41.2 Å². The Kier molecular flexibility index (Phi) is 6.46. The highest BCUT2D eigenvalue weighted by Crippen LogP contribution is 2.34. The van der Waals surface area contributed by atoms with Crippen molar-refractivity contribution in [2.24, 2.45) is 5.92 Å². The number of hydrogen-bond acceptors (Lipinski definition) is 5. The van der Waals surface area contributed by atoms with Gasteiger partial charge in [0, 0.05) is 49.4 Å². The van der Waals surface area contributed by atoms with Gasteiger partial charge in [-0.1, -0.05) is 5.16 Å². The molecule has 0 radical (unpaired) electrons. The topological polar surface area (TPSA) is 73.0 Å². The molecule has 0 atom stereocenters. The van der Waals surface area contributed by atoms with Gasteiger partial charge in [-0.2, -0.15) is 0 Å². The van der Waals surface area contributed by atoms with Gasteiger partial charge in [0.25, 0.3) is 0 Å². The lowest BCUT2D eigenvalue weighted by Crippen LogP contribution is -2.37. The van der Waals surface area contributed by atoms with Gasteiger partial charge in [0.1, 0.15) is 0 Å². The average molecular weight is 415 g/mol. The number of benzene rings is 1. The third kappa shape index (κ3) is 4.56. The third-order valence-corrected chi connectivity index (χ3v) is 6.64. The number of hydrogen-bond donors (Lipinski definition) is 1. The monoisotopic (exact) mass is 414 g/mol. The Morgan fingerprint density at radius 1 is 1.17 bits per heavy atom. The maximum Gasteiger partial charge on any atom is 0.407 e. The lowest BCUT2D eigenvalue weighted by Gasteiger charge is -2.31. The first-order valence-electron chi connectivity index (χ1n) is 11.3. The van der Waals surface area contributed by atoms with Crippen LogP contribution in [0.1, 0.15) is 49.8 Å². The molecule has 2 aliphatic rings. The van der Waals surface area contributed by atoms with Crippen LogP contribution in [0.3, 0.4) is 0 Å². The number of likely N-dealkylation sites (tertiary alicyclic amines) is 1. The quantitative estimate of drug-likeness (QED) is 0.764. The predicted molar refractivity (Wildman–Crippen MR) is 118 cm³/mol. The summed E-state index contributed by atoms with van der Waals surface area (Å²) < 4.78 is 5.91.